The average Bonchev–Trinajstić information content (AvgIpc) is 2.94. The lowest BCUT2D eigenvalue weighted by Crippen LogP contribution is -2.16. The third kappa shape index (κ3) is 3.10. The summed E-state index contributed by atoms with van der Waals surface area (Å²) in [6.07, 6.45) is 0. The van der Waals surface area contributed by atoms with Crippen LogP contribution >= 0.6 is 22.9 Å². The first-order valence-electron chi connectivity index (χ1n) is 5.24. The van der Waals surface area contributed by atoms with Crippen molar-refractivity contribution in [3.63, 3.8) is 0 Å². The van der Waals surface area contributed by atoms with Crippen LogP contribution in [0.4, 0.5) is 0 Å². The Balaban J connectivity index is 1.92. The molecular weight excluding hydrogens is 276 g/mol. The van der Waals surface area contributed by atoms with Gasteiger partial charge in [-0.2, -0.15) is 0 Å². The van der Waals surface area contributed by atoms with Crippen LogP contribution in [0.3, 0.4) is 0 Å². The zero-order chi connectivity index (χ0) is 13.1. The van der Waals surface area contributed by atoms with Crippen LogP contribution in [0.1, 0.15) is 34.1 Å². The van der Waals surface area contributed by atoms with Gasteiger partial charge in [-0.15, -0.1) is 11.3 Å². The molecule has 96 valence electrons. The molecule has 1 unspecified atom stereocenters. The average molecular weight is 287 g/mol. The van der Waals surface area contributed by atoms with Gasteiger partial charge in [0.05, 0.1) is 10.9 Å². The molecule has 0 radical (unpaired) electrons. The van der Waals surface area contributed by atoms with Gasteiger partial charge in [0.2, 0.25) is 0 Å². The van der Waals surface area contributed by atoms with Gasteiger partial charge in [0.15, 0.2) is 11.5 Å². The van der Waals surface area contributed by atoms with Crippen LogP contribution < -0.4 is 5.32 Å². The number of aromatic nitrogens is 1. The Morgan fingerprint density at radius 1 is 1.67 bits per heavy atom. The van der Waals surface area contributed by atoms with Gasteiger partial charge in [0, 0.05) is 17.0 Å². The zero-order valence-electron chi connectivity index (χ0n) is 9.51. The first-order valence-corrected chi connectivity index (χ1v) is 6.43. The summed E-state index contributed by atoms with van der Waals surface area (Å²) >= 11 is 7.36. The van der Waals surface area contributed by atoms with Crippen molar-refractivity contribution in [1.29, 1.82) is 0 Å². The van der Waals surface area contributed by atoms with E-state index in [1.165, 1.54) is 17.4 Å². The smallest absolute Gasteiger partial charge is 0.358 e. The number of hydrogen-bond acceptors (Lipinski definition) is 5. The fraction of sp³-hybridized carbons (Fsp3) is 0.273. The Hall–Kier alpha value is -1.37. The fourth-order valence-corrected chi connectivity index (χ4v) is 2.50. The second-order valence-corrected chi connectivity index (χ2v) is 5.47. The van der Waals surface area contributed by atoms with Crippen LogP contribution in [0.25, 0.3) is 0 Å². The van der Waals surface area contributed by atoms with Gasteiger partial charge in [-0.25, -0.2) is 4.79 Å². The van der Waals surface area contributed by atoms with E-state index >= 15 is 0 Å². The van der Waals surface area contributed by atoms with Crippen LogP contribution in [-0.2, 0) is 6.54 Å². The van der Waals surface area contributed by atoms with Crippen molar-refractivity contribution in [2.45, 2.75) is 19.5 Å². The Bertz CT molecular complexity index is 552. The lowest BCUT2D eigenvalue weighted by atomic mass is 10.2. The largest absolute Gasteiger partial charge is 0.476 e. The van der Waals surface area contributed by atoms with Crippen LogP contribution in [0.5, 0.6) is 0 Å². The predicted molar refractivity (Wildman–Crippen MR) is 68.0 cm³/mol. The summed E-state index contributed by atoms with van der Waals surface area (Å²) in [7, 11) is 0. The third-order valence-corrected chi connectivity index (χ3v) is 3.80. The molecule has 2 aromatic rings. The summed E-state index contributed by atoms with van der Waals surface area (Å²) in [5.74, 6) is -0.606. The molecule has 0 aliphatic heterocycles. The Morgan fingerprint density at radius 2 is 2.44 bits per heavy atom. The number of nitrogens with zero attached hydrogens (tertiary/aromatic N) is 1. The minimum atomic E-state index is -1.09. The molecule has 2 heterocycles. The Morgan fingerprint density at radius 3 is 3.00 bits per heavy atom. The molecule has 0 bridgehead atoms. The maximum Gasteiger partial charge on any atom is 0.358 e. The van der Waals surface area contributed by atoms with E-state index in [4.69, 9.17) is 21.2 Å². The summed E-state index contributed by atoms with van der Waals surface area (Å²) < 4.78 is 5.64. The van der Waals surface area contributed by atoms with E-state index in [0.29, 0.717) is 12.3 Å². The standard InChI is InChI=1S/C11H11ClN2O3S/c1-6(9-2-3-10(12)18-9)13-5-7-4-8(11(15)16)14-17-7/h2-4,6,13H,5H2,1H3,(H,15,16). The van der Waals surface area contributed by atoms with Crippen LogP contribution in [0, 0.1) is 0 Å². The molecule has 0 spiro atoms. The zero-order valence-corrected chi connectivity index (χ0v) is 11.1. The van der Waals surface area contributed by atoms with Gasteiger partial charge in [0.25, 0.3) is 0 Å². The molecule has 2 aromatic heterocycles. The molecule has 2 rings (SSSR count). The second-order valence-electron chi connectivity index (χ2n) is 3.73. The van der Waals surface area contributed by atoms with Gasteiger partial charge in [-0.3, -0.25) is 0 Å². The molecule has 1 atom stereocenters. The van der Waals surface area contributed by atoms with E-state index in [-0.39, 0.29) is 11.7 Å². The van der Waals surface area contributed by atoms with Gasteiger partial charge >= 0.3 is 5.97 Å². The van der Waals surface area contributed by atoms with E-state index in [1.54, 1.807) is 0 Å². The molecule has 7 heteroatoms. The number of aromatic carboxylic acids is 1. The van der Waals surface area contributed by atoms with E-state index in [0.717, 1.165) is 9.21 Å². The molecule has 0 saturated heterocycles. The summed E-state index contributed by atoms with van der Waals surface area (Å²) in [4.78, 5) is 11.7. The summed E-state index contributed by atoms with van der Waals surface area (Å²) in [6.45, 7) is 2.41. The summed E-state index contributed by atoms with van der Waals surface area (Å²) in [5, 5.41) is 15.3. The lowest BCUT2D eigenvalue weighted by molar-refractivity contribution is 0.0685. The highest BCUT2D eigenvalue weighted by atomic mass is 35.5. The number of hydrogen-bond donors (Lipinski definition) is 2. The van der Waals surface area contributed by atoms with Crippen LogP contribution in [0.2, 0.25) is 4.34 Å². The molecule has 0 saturated carbocycles. The first-order chi connectivity index (χ1) is 8.56. The van der Waals surface area contributed by atoms with Crippen molar-refractivity contribution >= 4 is 28.9 Å². The highest BCUT2D eigenvalue weighted by molar-refractivity contribution is 7.16. The Kier molecular flexibility index (Phi) is 4.00. The van der Waals surface area contributed by atoms with Gasteiger partial charge < -0.3 is 14.9 Å². The predicted octanol–water partition coefficient (Wildman–Crippen LogP) is 2.94. The molecule has 0 aliphatic rings. The minimum absolute atomic E-state index is 0.0846. The third-order valence-electron chi connectivity index (χ3n) is 2.38. The molecule has 0 aromatic carbocycles. The number of carbonyl (C=O) groups is 1. The topological polar surface area (TPSA) is 75.4 Å². The Labute approximate surface area is 112 Å². The normalized spacial score (nSPS) is 12.6. The van der Waals surface area contributed by atoms with E-state index in [9.17, 15) is 4.79 Å². The maximum atomic E-state index is 10.6. The van der Waals surface area contributed by atoms with E-state index < -0.39 is 5.97 Å². The number of thiophene rings is 1. The maximum absolute atomic E-state index is 10.6. The molecular formula is C11H11ClN2O3S. The lowest BCUT2D eigenvalue weighted by Gasteiger charge is -2.09. The number of carboxylic acid groups (broad SMARTS) is 1. The van der Waals surface area contributed by atoms with Crippen LogP contribution in [-0.4, -0.2) is 16.2 Å². The van der Waals surface area contributed by atoms with Crippen molar-refractivity contribution in [3.05, 3.63) is 38.9 Å². The molecule has 5 nitrogen and oxygen atoms in total. The first kappa shape index (κ1) is 13.1. The fourth-order valence-electron chi connectivity index (χ4n) is 1.41. The number of rotatable bonds is 5. The second kappa shape index (κ2) is 5.51. The monoisotopic (exact) mass is 286 g/mol. The minimum Gasteiger partial charge on any atom is -0.476 e. The molecule has 18 heavy (non-hydrogen) atoms. The highest BCUT2D eigenvalue weighted by Crippen LogP contribution is 2.26. The molecule has 0 amide bonds. The number of halogens is 1. The van der Waals surface area contributed by atoms with Gasteiger partial charge in [-0.05, 0) is 19.1 Å². The number of carboxylic acids is 1. The van der Waals surface area contributed by atoms with Gasteiger partial charge in [0.1, 0.15) is 0 Å². The number of nitrogens with one attached hydrogen (secondary N) is 1. The molecule has 0 aliphatic carbocycles. The van der Waals surface area contributed by atoms with E-state index in [1.807, 2.05) is 19.1 Å². The van der Waals surface area contributed by atoms with Gasteiger partial charge in [-0.1, -0.05) is 16.8 Å². The molecule has 2 N–H and O–H groups in total. The van der Waals surface area contributed by atoms with Crippen molar-refractivity contribution in [2.24, 2.45) is 0 Å². The van der Waals surface area contributed by atoms with Crippen molar-refractivity contribution < 1.29 is 14.4 Å². The van der Waals surface area contributed by atoms with E-state index in [2.05, 4.69) is 10.5 Å². The van der Waals surface area contributed by atoms with Crippen molar-refractivity contribution in [2.75, 3.05) is 0 Å². The highest BCUT2D eigenvalue weighted by Gasteiger charge is 2.12. The summed E-state index contributed by atoms with van der Waals surface area (Å²) in [6, 6.07) is 5.31. The quantitative estimate of drug-likeness (QED) is 0.884. The summed E-state index contributed by atoms with van der Waals surface area (Å²) in [5.41, 5.74) is -0.0846. The van der Waals surface area contributed by atoms with Crippen molar-refractivity contribution in [1.82, 2.24) is 10.5 Å². The van der Waals surface area contributed by atoms with Crippen LogP contribution in [0.15, 0.2) is 22.7 Å². The molecule has 0 fully saturated rings. The SMILES string of the molecule is CC(NCc1cc(C(=O)O)no1)c1ccc(Cl)s1. The van der Waals surface area contributed by atoms with Crippen molar-refractivity contribution in [3.8, 4) is 0 Å².